The van der Waals surface area contributed by atoms with E-state index in [-0.39, 0.29) is 5.54 Å². The standard InChI is InChI=1S/C11H24N2O/c12-10-11(6-2-1-3-7-11)13-8-4-5-9-14/h13-14H,1-10,12H2. The number of unbranched alkanes of at least 4 members (excludes halogenated alkanes) is 1. The third-order valence-electron chi connectivity index (χ3n) is 3.29. The van der Waals surface area contributed by atoms with Crippen LogP contribution in [0.5, 0.6) is 0 Å². The Bertz CT molecular complexity index is 144. The SMILES string of the molecule is NCC1(NCCCCO)CCCCC1. The molecular weight excluding hydrogens is 176 g/mol. The van der Waals surface area contributed by atoms with Gasteiger partial charge in [0.1, 0.15) is 0 Å². The van der Waals surface area contributed by atoms with E-state index in [1.54, 1.807) is 0 Å². The lowest BCUT2D eigenvalue weighted by atomic mass is 9.81. The Morgan fingerprint density at radius 1 is 1.14 bits per heavy atom. The van der Waals surface area contributed by atoms with Gasteiger partial charge in [0.25, 0.3) is 0 Å². The highest BCUT2D eigenvalue weighted by Crippen LogP contribution is 2.27. The monoisotopic (exact) mass is 200 g/mol. The highest BCUT2D eigenvalue weighted by Gasteiger charge is 2.29. The molecule has 0 spiro atoms. The predicted octanol–water partition coefficient (Wildman–Crippen LogP) is 1.01. The molecule has 1 fully saturated rings. The molecule has 14 heavy (non-hydrogen) atoms. The first kappa shape index (κ1) is 12.0. The van der Waals surface area contributed by atoms with E-state index in [4.69, 9.17) is 10.8 Å². The van der Waals surface area contributed by atoms with Gasteiger partial charge in [-0.25, -0.2) is 0 Å². The summed E-state index contributed by atoms with van der Waals surface area (Å²) in [6.45, 7) is 2.06. The Morgan fingerprint density at radius 3 is 2.43 bits per heavy atom. The molecule has 0 aromatic heterocycles. The van der Waals surface area contributed by atoms with Crippen LogP contribution in [0, 0.1) is 0 Å². The average molecular weight is 200 g/mol. The van der Waals surface area contributed by atoms with Crippen molar-refractivity contribution in [2.45, 2.75) is 50.5 Å². The van der Waals surface area contributed by atoms with Gasteiger partial charge in [-0.05, 0) is 32.2 Å². The minimum absolute atomic E-state index is 0.216. The quantitative estimate of drug-likeness (QED) is 0.561. The zero-order valence-corrected chi connectivity index (χ0v) is 9.10. The molecule has 0 aliphatic heterocycles. The molecule has 0 heterocycles. The molecule has 3 nitrogen and oxygen atoms in total. The van der Waals surface area contributed by atoms with Crippen LogP contribution in [-0.2, 0) is 0 Å². The lowest BCUT2D eigenvalue weighted by molar-refractivity contribution is 0.231. The first-order chi connectivity index (χ1) is 6.83. The van der Waals surface area contributed by atoms with Gasteiger partial charge in [0.2, 0.25) is 0 Å². The van der Waals surface area contributed by atoms with Crippen LogP contribution in [-0.4, -0.2) is 30.3 Å². The van der Waals surface area contributed by atoms with Gasteiger partial charge in [0.05, 0.1) is 0 Å². The molecule has 1 saturated carbocycles. The molecule has 1 aliphatic carbocycles. The lowest BCUT2D eigenvalue weighted by Crippen LogP contribution is -2.52. The maximum Gasteiger partial charge on any atom is 0.0431 e. The van der Waals surface area contributed by atoms with E-state index in [2.05, 4.69) is 5.32 Å². The maximum absolute atomic E-state index is 8.67. The second-order valence-corrected chi connectivity index (χ2v) is 4.40. The molecule has 0 bridgehead atoms. The molecule has 0 amide bonds. The van der Waals surface area contributed by atoms with Gasteiger partial charge in [-0.2, -0.15) is 0 Å². The fraction of sp³-hybridized carbons (Fsp3) is 1.00. The Morgan fingerprint density at radius 2 is 1.86 bits per heavy atom. The van der Waals surface area contributed by atoms with Gasteiger partial charge in [-0.1, -0.05) is 19.3 Å². The van der Waals surface area contributed by atoms with Gasteiger partial charge < -0.3 is 16.2 Å². The number of nitrogens with two attached hydrogens (primary N) is 1. The van der Waals surface area contributed by atoms with Crippen LogP contribution in [0.2, 0.25) is 0 Å². The Hall–Kier alpha value is -0.120. The summed E-state index contributed by atoms with van der Waals surface area (Å²) in [6.07, 6.45) is 8.38. The van der Waals surface area contributed by atoms with Crippen molar-refractivity contribution in [2.75, 3.05) is 19.7 Å². The van der Waals surface area contributed by atoms with Crippen LogP contribution in [0.1, 0.15) is 44.9 Å². The molecule has 0 unspecified atom stereocenters. The van der Waals surface area contributed by atoms with Crippen molar-refractivity contribution in [1.82, 2.24) is 5.32 Å². The first-order valence-electron chi connectivity index (χ1n) is 5.89. The van der Waals surface area contributed by atoms with Crippen molar-refractivity contribution in [3.63, 3.8) is 0 Å². The Balaban J connectivity index is 2.22. The fourth-order valence-corrected chi connectivity index (χ4v) is 2.27. The van der Waals surface area contributed by atoms with E-state index >= 15 is 0 Å². The van der Waals surface area contributed by atoms with Crippen LogP contribution in [0.15, 0.2) is 0 Å². The summed E-state index contributed by atoms with van der Waals surface area (Å²) in [5.41, 5.74) is 6.06. The molecule has 84 valence electrons. The van der Waals surface area contributed by atoms with E-state index in [9.17, 15) is 0 Å². The van der Waals surface area contributed by atoms with Gasteiger partial charge >= 0.3 is 0 Å². The van der Waals surface area contributed by atoms with Crippen molar-refractivity contribution < 1.29 is 5.11 Å². The molecule has 3 heteroatoms. The topological polar surface area (TPSA) is 58.3 Å². The number of hydrogen-bond donors (Lipinski definition) is 3. The molecule has 0 saturated heterocycles. The van der Waals surface area contributed by atoms with Crippen molar-refractivity contribution in [2.24, 2.45) is 5.73 Å². The molecular formula is C11H24N2O. The van der Waals surface area contributed by atoms with Crippen molar-refractivity contribution in [1.29, 1.82) is 0 Å². The molecule has 1 rings (SSSR count). The van der Waals surface area contributed by atoms with Gasteiger partial charge in [0.15, 0.2) is 0 Å². The average Bonchev–Trinajstić information content (AvgIpc) is 2.26. The van der Waals surface area contributed by atoms with Crippen molar-refractivity contribution >= 4 is 0 Å². The third-order valence-corrected chi connectivity index (χ3v) is 3.29. The maximum atomic E-state index is 8.67. The summed E-state index contributed by atoms with van der Waals surface area (Å²) in [5.74, 6) is 0. The smallest absolute Gasteiger partial charge is 0.0431 e. The molecule has 0 radical (unpaired) electrons. The largest absolute Gasteiger partial charge is 0.396 e. The van der Waals surface area contributed by atoms with Crippen LogP contribution >= 0.6 is 0 Å². The Labute approximate surface area is 87.1 Å². The van der Waals surface area contributed by atoms with Crippen molar-refractivity contribution in [3.8, 4) is 0 Å². The zero-order chi connectivity index (χ0) is 10.3. The fourth-order valence-electron chi connectivity index (χ4n) is 2.27. The number of hydrogen-bond acceptors (Lipinski definition) is 3. The molecule has 4 N–H and O–H groups in total. The predicted molar refractivity (Wildman–Crippen MR) is 59.2 cm³/mol. The van der Waals surface area contributed by atoms with E-state index in [1.807, 2.05) is 0 Å². The number of aliphatic hydroxyl groups excluding tert-OH is 1. The highest BCUT2D eigenvalue weighted by molar-refractivity contribution is 4.91. The van der Waals surface area contributed by atoms with Crippen molar-refractivity contribution in [3.05, 3.63) is 0 Å². The molecule has 0 atom stereocenters. The van der Waals surface area contributed by atoms with E-state index in [0.717, 1.165) is 25.9 Å². The second kappa shape index (κ2) is 6.38. The molecule has 0 aromatic carbocycles. The van der Waals surface area contributed by atoms with Crippen LogP contribution in [0.3, 0.4) is 0 Å². The minimum atomic E-state index is 0.216. The molecule has 0 aromatic rings. The lowest BCUT2D eigenvalue weighted by Gasteiger charge is -2.37. The summed E-state index contributed by atoms with van der Waals surface area (Å²) in [4.78, 5) is 0. The summed E-state index contributed by atoms with van der Waals surface area (Å²) in [5, 5.41) is 12.3. The normalized spacial score (nSPS) is 21.0. The van der Waals surface area contributed by atoms with Crippen LogP contribution in [0.4, 0.5) is 0 Å². The summed E-state index contributed by atoms with van der Waals surface area (Å²) < 4.78 is 0. The van der Waals surface area contributed by atoms with Gasteiger partial charge in [0, 0.05) is 18.7 Å². The van der Waals surface area contributed by atoms with E-state index in [0.29, 0.717) is 6.61 Å². The summed E-state index contributed by atoms with van der Waals surface area (Å²) >= 11 is 0. The minimum Gasteiger partial charge on any atom is -0.396 e. The van der Waals surface area contributed by atoms with E-state index < -0.39 is 0 Å². The number of aliphatic hydroxyl groups is 1. The van der Waals surface area contributed by atoms with Gasteiger partial charge in [-0.3, -0.25) is 0 Å². The number of rotatable bonds is 6. The summed E-state index contributed by atoms with van der Waals surface area (Å²) in [6, 6.07) is 0. The zero-order valence-electron chi connectivity index (χ0n) is 9.10. The Kier molecular flexibility index (Phi) is 5.45. The van der Waals surface area contributed by atoms with Crippen LogP contribution in [0.25, 0.3) is 0 Å². The third kappa shape index (κ3) is 3.56. The first-order valence-corrected chi connectivity index (χ1v) is 5.89. The van der Waals surface area contributed by atoms with Crippen LogP contribution < -0.4 is 11.1 Å². The number of nitrogens with one attached hydrogen (secondary N) is 1. The molecule has 1 aliphatic rings. The highest BCUT2D eigenvalue weighted by atomic mass is 16.2. The second-order valence-electron chi connectivity index (χ2n) is 4.40. The van der Waals surface area contributed by atoms with Gasteiger partial charge in [-0.15, -0.1) is 0 Å². The summed E-state index contributed by atoms with van der Waals surface area (Å²) in [7, 11) is 0. The van der Waals surface area contributed by atoms with E-state index in [1.165, 1.54) is 32.1 Å².